The molecule has 0 aliphatic rings. The molecule has 3 aromatic rings. The van der Waals surface area contributed by atoms with Crippen molar-refractivity contribution in [2.75, 3.05) is 17.6 Å². The monoisotopic (exact) mass is 255 g/mol. The maximum absolute atomic E-state index is 5.91. The topological polar surface area (TPSA) is 89.9 Å². The summed E-state index contributed by atoms with van der Waals surface area (Å²) >= 11 is 0. The molecule has 0 radical (unpaired) electrons. The van der Waals surface area contributed by atoms with Gasteiger partial charge < -0.3 is 15.6 Å². The number of aromatic nitrogens is 3. The SMILES string of the molecule is Nc1cccc2c(NCCc3ncno3)ccnc12. The number of hydrogen-bond acceptors (Lipinski definition) is 6. The third-order valence-electron chi connectivity index (χ3n) is 2.86. The maximum atomic E-state index is 5.91. The fourth-order valence-electron chi connectivity index (χ4n) is 1.96. The minimum absolute atomic E-state index is 0.616. The third kappa shape index (κ3) is 2.33. The lowest BCUT2D eigenvalue weighted by molar-refractivity contribution is 0.380. The van der Waals surface area contributed by atoms with Crippen LogP contribution in [0, 0.1) is 0 Å². The van der Waals surface area contributed by atoms with Gasteiger partial charge in [-0.15, -0.1) is 0 Å². The minimum Gasteiger partial charge on any atom is -0.397 e. The molecule has 1 aromatic carbocycles. The molecule has 96 valence electrons. The van der Waals surface area contributed by atoms with Gasteiger partial charge in [-0.1, -0.05) is 17.3 Å². The van der Waals surface area contributed by atoms with E-state index in [0.29, 0.717) is 24.5 Å². The molecule has 19 heavy (non-hydrogen) atoms. The molecular weight excluding hydrogens is 242 g/mol. The van der Waals surface area contributed by atoms with Gasteiger partial charge in [0.25, 0.3) is 0 Å². The molecule has 3 rings (SSSR count). The van der Waals surface area contributed by atoms with Crippen LogP contribution >= 0.6 is 0 Å². The summed E-state index contributed by atoms with van der Waals surface area (Å²) in [6.45, 7) is 0.704. The van der Waals surface area contributed by atoms with E-state index in [2.05, 4.69) is 20.4 Å². The van der Waals surface area contributed by atoms with Crippen molar-refractivity contribution in [2.45, 2.75) is 6.42 Å². The van der Waals surface area contributed by atoms with Crippen LogP contribution in [0.15, 0.2) is 41.3 Å². The second-order valence-electron chi connectivity index (χ2n) is 4.11. The van der Waals surface area contributed by atoms with Crippen molar-refractivity contribution in [1.29, 1.82) is 0 Å². The minimum atomic E-state index is 0.616. The lowest BCUT2D eigenvalue weighted by Crippen LogP contribution is -2.06. The van der Waals surface area contributed by atoms with Gasteiger partial charge in [0, 0.05) is 30.2 Å². The van der Waals surface area contributed by atoms with E-state index >= 15 is 0 Å². The average molecular weight is 255 g/mol. The molecule has 0 spiro atoms. The molecule has 0 aliphatic heterocycles. The summed E-state index contributed by atoms with van der Waals surface area (Å²) in [6, 6.07) is 7.68. The predicted octanol–water partition coefficient (Wildman–Crippen LogP) is 1.85. The molecule has 0 saturated heterocycles. The van der Waals surface area contributed by atoms with Gasteiger partial charge in [-0.2, -0.15) is 4.98 Å². The highest BCUT2D eigenvalue weighted by Crippen LogP contribution is 2.25. The number of rotatable bonds is 4. The van der Waals surface area contributed by atoms with E-state index in [1.165, 1.54) is 6.33 Å². The first-order valence-corrected chi connectivity index (χ1v) is 5.97. The van der Waals surface area contributed by atoms with Gasteiger partial charge in [0.1, 0.15) is 0 Å². The van der Waals surface area contributed by atoms with Crippen LogP contribution in [-0.2, 0) is 6.42 Å². The fraction of sp³-hybridized carbons (Fsp3) is 0.154. The van der Waals surface area contributed by atoms with E-state index in [1.807, 2.05) is 24.3 Å². The first kappa shape index (κ1) is 11.5. The summed E-state index contributed by atoms with van der Waals surface area (Å²) in [5.41, 5.74) is 8.39. The van der Waals surface area contributed by atoms with Crippen LogP contribution in [0.2, 0.25) is 0 Å². The zero-order valence-corrected chi connectivity index (χ0v) is 10.2. The van der Waals surface area contributed by atoms with Crippen molar-refractivity contribution in [2.24, 2.45) is 0 Å². The van der Waals surface area contributed by atoms with Crippen LogP contribution in [-0.4, -0.2) is 21.7 Å². The molecule has 2 heterocycles. The first-order valence-electron chi connectivity index (χ1n) is 5.97. The van der Waals surface area contributed by atoms with Gasteiger partial charge in [0.15, 0.2) is 6.33 Å². The van der Waals surface area contributed by atoms with Gasteiger partial charge in [-0.3, -0.25) is 4.98 Å². The lowest BCUT2D eigenvalue weighted by Gasteiger charge is -2.09. The van der Waals surface area contributed by atoms with Crippen LogP contribution in [0.1, 0.15) is 5.89 Å². The second kappa shape index (κ2) is 4.93. The number of fused-ring (bicyclic) bond motifs is 1. The van der Waals surface area contributed by atoms with E-state index in [0.717, 1.165) is 16.6 Å². The summed E-state index contributed by atoms with van der Waals surface area (Å²) in [6.07, 6.45) is 3.82. The number of hydrogen-bond donors (Lipinski definition) is 2. The molecule has 0 aliphatic carbocycles. The molecule has 0 amide bonds. The van der Waals surface area contributed by atoms with E-state index in [9.17, 15) is 0 Å². The quantitative estimate of drug-likeness (QED) is 0.691. The van der Waals surface area contributed by atoms with E-state index in [4.69, 9.17) is 10.3 Å². The molecule has 3 N–H and O–H groups in total. The normalized spacial score (nSPS) is 10.7. The van der Waals surface area contributed by atoms with Gasteiger partial charge in [-0.25, -0.2) is 0 Å². The molecule has 6 heteroatoms. The molecule has 2 aromatic heterocycles. The third-order valence-corrected chi connectivity index (χ3v) is 2.86. The Morgan fingerprint density at radius 2 is 2.16 bits per heavy atom. The number of anilines is 2. The van der Waals surface area contributed by atoms with Crippen LogP contribution in [0.25, 0.3) is 10.9 Å². The lowest BCUT2D eigenvalue weighted by atomic mass is 10.1. The summed E-state index contributed by atoms with van der Waals surface area (Å²) < 4.78 is 4.94. The van der Waals surface area contributed by atoms with Crippen LogP contribution in [0.5, 0.6) is 0 Å². The summed E-state index contributed by atoms with van der Waals surface area (Å²) in [5.74, 6) is 0.616. The molecule has 0 fully saturated rings. The highest BCUT2D eigenvalue weighted by molar-refractivity contribution is 5.97. The van der Waals surface area contributed by atoms with Crippen molar-refractivity contribution in [3.63, 3.8) is 0 Å². The fourth-order valence-corrected chi connectivity index (χ4v) is 1.96. The summed E-state index contributed by atoms with van der Waals surface area (Å²) in [4.78, 5) is 8.27. The van der Waals surface area contributed by atoms with E-state index in [-0.39, 0.29) is 0 Å². The Morgan fingerprint density at radius 3 is 3.00 bits per heavy atom. The smallest absolute Gasteiger partial charge is 0.228 e. The molecular formula is C13H13N5O. The van der Waals surface area contributed by atoms with Crippen molar-refractivity contribution in [1.82, 2.24) is 15.1 Å². The van der Waals surface area contributed by atoms with Gasteiger partial charge >= 0.3 is 0 Å². The van der Waals surface area contributed by atoms with Crippen LogP contribution in [0.3, 0.4) is 0 Å². The highest BCUT2D eigenvalue weighted by atomic mass is 16.5. The Labute approximate surface area is 109 Å². The maximum Gasteiger partial charge on any atom is 0.228 e. The molecule has 0 unspecified atom stereocenters. The number of nitrogens with zero attached hydrogens (tertiary/aromatic N) is 3. The van der Waals surface area contributed by atoms with Gasteiger partial charge in [-0.05, 0) is 12.1 Å². The zero-order chi connectivity index (χ0) is 13.1. The Bertz CT molecular complexity index is 681. The average Bonchev–Trinajstić information content (AvgIpc) is 2.93. The largest absolute Gasteiger partial charge is 0.397 e. The number of nitrogens with two attached hydrogens (primary N) is 1. The Morgan fingerprint density at radius 1 is 1.21 bits per heavy atom. The first-order chi connectivity index (χ1) is 9.34. The van der Waals surface area contributed by atoms with E-state index < -0.39 is 0 Å². The number of nitrogen functional groups attached to an aromatic ring is 1. The zero-order valence-electron chi connectivity index (χ0n) is 10.2. The molecule has 0 atom stereocenters. The highest BCUT2D eigenvalue weighted by Gasteiger charge is 2.04. The van der Waals surface area contributed by atoms with Gasteiger partial charge in [0.05, 0.1) is 11.2 Å². The van der Waals surface area contributed by atoms with Crippen molar-refractivity contribution in [3.8, 4) is 0 Å². The molecule has 0 saturated carbocycles. The van der Waals surface area contributed by atoms with Crippen LogP contribution < -0.4 is 11.1 Å². The Hall–Kier alpha value is -2.63. The standard InChI is InChI=1S/C13H13N5O/c14-10-3-1-2-9-11(4-6-16-13(9)10)15-7-5-12-17-8-18-19-12/h1-4,6,8H,5,7,14H2,(H,15,16). The number of para-hydroxylation sites is 1. The van der Waals surface area contributed by atoms with Crippen LogP contribution in [0.4, 0.5) is 11.4 Å². The van der Waals surface area contributed by atoms with Crippen molar-refractivity contribution >= 4 is 22.3 Å². The molecule has 0 bridgehead atoms. The Kier molecular flexibility index (Phi) is 2.97. The van der Waals surface area contributed by atoms with Gasteiger partial charge in [0.2, 0.25) is 5.89 Å². The number of pyridine rings is 1. The van der Waals surface area contributed by atoms with E-state index in [1.54, 1.807) is 6.20 Å². The Balaban J connectivity index is 1.79. The summed E-state index contributed by atoms with van der Waals surface area (Å²) in [7, 11) is 0. The number of benzene rings is 1. The summed E-state index contributed by atoms with van der Waals surface area (Å²) in [5, 5.41) is 7.91. The molecule has 6 nitrogen and oxygen atoms in total. The van der Waals surface area contributed by atoms with Crippen molar-refractivity contribution < 1.29 is 4.52 Å². The second-order valence-corrected chi connectivity index (χ2v) is 4.11. The van der Waals surface area contributed by atoms with Crippen molar-refractivity contribution in [3.05, 3.63) is 42.7 Å². The number of nitrogens with one attached hydrogen (secondary N) is 1. The predicted molar refractivity (Wildman–Crippen MR) is 72.6 cm³/mol.